The van der Waals surface area contributed by atoms with Crippen LogP contribution in [-0.4, -0.2) is 48.0 Å². The molecule has 0 bridgehead atoms. The van der Waals surface area contributed by atoms with E-state index in [4.69, 9.17) is 16.0 Å². The van der Waals surface area contributed by atoms with Crippen molar-refractivity contribution in [3.63, 3.8) is 0 Å². The molecule has 9 heteroatoms. The van der Waals surface area contributed by atoms with Gasteiger partial charge in [-0.2, -0.15) is 0 Å². The molecule has 0 aliphatic carbocycles. The molecule has 174 valence electrons. The quantitative estimate of drug-likeness (QED) is 0.341. The van der Waals surface area contributed by atoms with Crippen molar-refractivity contribution in [3.05, 3.63) is 63.6 Å². The average molecular weight is 501 g/mol. The lowest BCUT2D eigenvalue weighted by Crippen LogP contribution is -2.46. The van der Waals surface area contributed by atoms with Gasteiger partial charge in [0.25, 0.3) is 0 Å². The second-order valence-electron chi connectivity index (χ2n) is 7.77. The lowest BCUT2D eigenvalue weighted by Gasteiger charge is -2.36. The number of anilines is 1. The number of piperazine rings is 1. The van der Waals surface area contributed by atoms with E-state index in [1.807, 2.05) is 12.1 Å². The smallest absolute Gasteiger partial charge is 0.408 e. The Kier molecular flexibility index (Phi) is 9.64. The second kappa shape index (κ2) is 11.8. The van der Waals surface area contributed by atoms with Crippen LogP contribution in [0.3, 0.4) is 0 Å². The van der Waals surface area contributed by atoms with Gasteiger partial charge in [-0.1, -0.05) is 11.6 Å². The van der Waals surface area contributed by atoms with E-state index in [0.717, 1.165) is 56.1 Å². The van der Waals surface area contributed by atoms with Crippen molar-refractivity contribution < 1.29 is 9.21 Å². The highest BCUT2D eigenvalue weighted by Gasteiger charge is 2.17. The van der Waals surface area contributed by atoms with Gasteiger partial charge in [0.15, 0.2) is 11.4 Å². The number of aromatic nitrogens is 1. The maximum absolute atomic E-state index is 12.2. The molecule has 0 saturated carbocycles. The van der Waals surface area contributed by atoms with E-state index in [9.17, 15) is 9.59 Å². The number of rotatable bonds is 7. The van der Waals surface area contributed by atoms with Crippen LogP contribution in [0.5, 0.6) is 0 Å². The van der Waals surface area contributed by atoms with E-state index < -0.39 is 0 Å². The van der Waals surface area contributed by atoms with Crippen LogP contribution in [0.25, 0.3) is 11.1 Å². The predicted molar refractivity (Wildman–Crippen MR) is 134 cm³/mol. The summed E-state index contributed by atoms with van der Waals surface area (Å²) >= 11 is 5.98. The minimum atomic E-state index is -0.359. The molecule has 3 aromatic rings. The molecule has 2 aromatic carbocycles. The molecule has 6 nitrogen and oxygen atoms in total. The van der Waals surface area contributed by atoms with Crippen LogP contribution >= 0.6 is 36.4 Å². The normalized spacial score (nSPS) is 14.1. The zero-order valence-corrected chi connectivity index (χ0v) is 20.3. The highest BCUT2D eigenvalue weighted by atomic mass is 35.5. The first kappa shape index (κ1) is 26.3. The third-order valence-electron chi connectivity index (χ3n) is 5.74. The predicted octanol–water partition coefficient (Wildman–Crippen LogP) is 4.90. The number of fused-ring (bicyclic) bond motifs is 1. The van der Waals surface area contributed by atoms with Crippen LogP contribution in [-0.2, 0) is 6.54 Å². The van der Waals surface area contributed by atoms with Gasteiger partial charge in [0.2, 0.25) is 0 Å². The Balaban J connectivity index is 0.00000181. The molecule has 32 heavy (non-hydrogen) atoms. The van der Waals surface area contributed by atoms with Crippen molar-refractivity contribution in [1.29, 1.82) is 0 Å². The van der Waals surface area contributed by atoms with Crippen molar-refractivity contribution in [1.82, 2.24) is 9.47 Å². The Morgan fingerprint density at radius 3 is 2.28 bits per heavy atom. The number of oxazole rings is 1. The number of Topliss-reactive ketones (excluding diaryl/α,β-unsaturated/α-hetero) is 1. The van der Waals surface area contributed by atoms with Crippen molar-refractivity contribution in [2.24, 2.45) is 0 Å². The summed E-state index contributed by atoms with van der Waals surface area (Å²) in [4.78, 5) is 28.6. The molecule has 4 rings (SSSR count). The summed E-state index contributed by atoms with van der Waals surface area (Å²) in [6.07, 6.45) is 1.92. The minimum absolute atomic E-state index is 0. The molecule has 1 aromatic heterocycles. The number of hydrogen-bond donors (Lipinski definition) is 0. The van der Waals surface area contributed by atoms with E-state index in [0.29, 0.717) is 17.7 Å². The summed E-state index contributed by atoms with van der Waals surface area (Å²) in [6, 6.07) is 13.2. The number of nitrogens with zero attached hydrogens (tertiary/aromatic N) is 3. The molecule has 1 saturated heterocycles. The number of carbonyl (C=O) groups excluding carboxylic acids is 1. The monoisotopic (exact) mass is 499 g/mol. The summed E-state index contributed by atoms with van der Waals surface area (Å²) < 4.78 is 6.99. The van der Waals surface area contributed by atoms with Crippen LogP contribution in [0.2, 0.25) is 5.02 Å². The topological polar surface area (TPSA) is 58.7 Å². The Labute approximate surface area is 204 Å². The van der Waals surface area contributed by atoms with Gasteiger partial charge in [-0.05, 0) is 68.8 Å². The maximum atomic E-state index is 12.2. The largest absolute Gasteiger partial charge is 0.419 e. The molecule has 1 aliphatic rings. The van der Waals surface area contributed by atoms with Gasteiger partial charge in [-0.15, -0.1) is 24.8 Å². The fourth-order valence-corrected chi connectivity index (χ4v) is 4.11. The highest BCUT2D eigenvalue weighted by molar-refractivity contribution is 6.30. The van der Waals surface area contributed by atoms with Crippen LogP contribution in [0, 0.1) is 0 Å². The van der Waals surface area contributed by atoms with Crippen molar-refractivity contribution in [2.45, 2.75) is 26.3 Å². The highest BCUT2D eigenvalue weighted by Crippen LogP contribution is 2.20. The van der Waals surface area contributed by atoms with E-state index >= 15 is 0 Å². The molecule has 0 N–H and O–H groups in total. The zero-order chi connectivity index (χ0) is 21.1. The molecule has 0 spiro atoms. The number of aryl methyl sites for hydroxylation is 1. The summed E-state index contributed by atoms with van der Waals surface area (Å²) in [5.74, 6) is -0.397. The van der Waals surface area contributed by atoms with E-state index in [1.54, 1.807) is 22.8 Å². The fourth-order valence-electron chi connectivity index (χ4n) is 3.98. The lowest BCUT2D eigenvalue weighted by atomic mass is 10.1. The Bertz CT molecular complexity index is 1090. The number of carbonyl (C=O) groups is 1. The van der Waals surface area contributed by atoms with Crippen molar-refractivity contribution in [3.8, 4) is 0 Å². The third-order valence-corrected chi connectivity index (χ3v) is 6.00. The standard InChI is InChI=1S/C23H26ClN3O3.2ClH/c1-17(28)18-4-9-21-22(16-18)30-23(29)27(21)11-3-2-10-25-12-14-26(15-13-25)20-7-5-19(24)6-8-20;;/h4-9,16H,2-3,10-15H2,1H3;2*1H. The number of hydrogen-bond acceptors (Lipinski definition) is 5. The van der Waals surface area contributed by atoms with Crippen molar-refractivity contribution >= 4 is 59.0 Å². The molecular weight excluding hydrogens is 473 g/mol. The summed E-state index contributed by atoms with van der Waals surface area (Å²) in [6.45, 7) is 7.23. The Morgan fingerprint density at radius 2 is 1.62 bits per heavy atom. The average Bonchev–Trinajstić information content (AvgIpc) is 3.06. The van der Waals surface area contributed by atoms with Gasteiger partial charge in [0, 0.05) is 49.0 Å². The zero-order valence-electron chi connectivity index (χ0n) is 18.0. The Morgan fingerprint density at radius 1 is 0.969 bits per heavy atom. The van der Waals surface area contributed by atoms with Gasteiger partial charge in [0.1, 0.15) is 0 Å². The summed E-state index contributed by atoms with van der Waals surface area (Å²) in [5.41, 5.74) is 3.01. The SMILES string of the molecule is CC(=O)c1ccc2c(c1)oc(=O)n2CCCCN1CCN(c2ccc(Cl)cc2)CC1.Cl.Cl. The van der Waals surface area contributed by atoms with E-state index in [1.165, 1.54) is 12.6 Å². The molecule has 0 atom stereocenters. The summed E-state index contributed by atoms with van der Waals surface area (Å²) in [5, 5.41) is 0.765. The maximum Gasteiger partial charge on any atom is 0.419 e. The van der Waals surface area contributed by atoms with E-state index in [2.05, 4.69) is 21.9 Å². The first-order valence-corrected chi connectivity index (χ1v) is 10.8. The molecule has 0 amide bonds. The molecule has 1 fully saturated rings. The minimum Gasteiger partial charge on any atom is -0.408 e. The third kappa shape index (κ3) is 6.07. The van der Waals surface area contributed by atoms with Crippen LogP contribution < -0.4 is 10.7 Å². The van der Waals surface area contributed by atoms with Crippen LogP contribution in [0.15, 0.2) is 51.7 Å². The number of benzene rings is 2. The Hall–Kier alpha value is -1.99. The van der Waals surface area contributed by atoms with Gasteiger partial charge in [-0.25, -0.2) is 4.79 Å². The van der Waals surface area contributed by atoms with Crippen LogP contribution in [0.4, 0.5) is 5.69 Å². The van der Waals surface area contributed by atoms with Gasteiger partial charge >= 0.3 is 5.76 Å². The van der Waals surface area contributed by atoms with Gasteiger partial charge in [-0.3, -0.25) is 14.3 Å². The molecule has 0 radical (unpaired) electrons. The summed E-state index contributed by atoms with van der Waals surface area (Å²) in [7, 11) is 0. The number of unbranched alkanes of at least 4 members (excludes halogenated alkanes) is 1. The number of halogens is 3. The number of ketones is 1. The van der Waals surface area contributed by atoms with Gasteiger partial charge in [0.05, 0.1) is 5.52 Å². The first-order chi connectivity index (χ1) is 14.5. The molecule has 1 aliphatic heterocycles. The van der Waals surface area contributed by atoms with Crippen LogP contribution in [0.1, 0.15) is 30.1 Å². The molecular formula is C23H28Cl3N3O3. The molecule has 0 unspecified atom stereocenters. The molecule has 2 heterocycles. The lowest BCUT2D eigenvalue weighted by molar-refractivity contribution is 0.101. The second-order valence-corrected chi connectivity index (χ2v) is 8.21. The van der Waals surface area contributed by atoms with E-state index in [-0.39, 0.29) is 36.4 Å². The fraction of sp³-hybridized carbons (Fsp3) is 0.391. The first-order valence-electron chi connectivity index (χ1n) is 10.4. The van der Waals surface area contributed by atoms with Crippen molar-refractivity contribution in [2.75, 3.05) is 37.6 Å². The van der Waals surface area contributed by atoms with Gasteiger partial charge < -0.3 is 9.32 Å².